The number of hydrogen-bond donors (Lipinski definition) is 0. The average Bonchev–Trinajstić information content (AvgIpc) is 2.47. The monoisotopic (exact) mass is 269 g/mol. The number of carbonyl (C=O) groups is 1. The maximum Gasteiger partial charge on any atom is 0.325 e. The summed E-state index contributed by atoms with van der Waals surface area (Å²) >= 11 is 0. The molecule has 0 atom stereocenters. The molecule has 0 aliphatic carbocycles. The Hall–Kier alpha value is -2.29. The van der Waals surface area contributed by atoms with E-state index >= 15 is 0 Å². The minimum Gasteiger partial charge on any atom is -0.459 e. The Morgan fingerprint density at radius 3 is 2.35 bits per heavy atom. The van der Waals surface area contributed by atoms with Crippen LogP contribution in [0.2, 0.25) is 0 Å². The molecule has 0 heterocycles. The van der Waals surface area contributed by atoms with Gasteiger partial charge in [-0.15, -0.1) is 0 Å². The fraction of sp³-hybridized carbons (Fsp3) is 0.235. The van der Waals surface area contributed by atoms with Crippen LogP contribution in [0.3, 0.4) is 0 Å². The summed E-state index contributed by atoms with van der Waals surface area (Å²) in [5.41, 5.74) is 3.21. The van der Waals surface area contributed by atoms with Gasteiger partial charge in [0.25, 0.3) is 0 Å². The zero-order chi connectivity index (χ0) is 14.4. The van der Waals surface area contributed by atoms with E-state index in [1.54, 1.807) is 0 Å². The summed E-state index contributed by atoms with van der Waals surface area (Å²) in [5.74, 6) is -0.225. The van der Waals surface area contributed by atoms with E-state index in [-0.39, 0.29) is 12.5 Å². The van der Waals surface area contributed by atoms with Crippen LogP contribution < -0.4 is 4.90 Å². The van der Waals surface area contributed by atoms with Crippen LogP contribution in [0.5, 0.6) is 0 Å². The molecule has 0 aliphatic heterocycles. The molecule has 2 aromatic carbocycles. The van der Waals surface area contributed by atoms with Crippen LogP contribution in [0.1, 0.15) is 11.1 Å². The molecule has 0 amide bonds. The second-order valence-electron chi connectivity index (χ2n) is 4.84. The largest absolute Gasteiger partial charge is 0.459 e. The predicted octanol–water partition coefficient (Wildman–Crippen LogP) is 3.17. The van der Waals surface area contributed by atoms with Crippen LogP contribution in [0.25, 0.3) is 0 Å². The van der Waals surface area contributed by atoms with Gasteiger partial charge in [0.2, 0.25) is 0 Å². The molecule has 0 saturated carbocycles. The molecule has 0 fully saturated rings. The van der Waals surface area contributed by atoms with Crippen molar-refractivity contribution in [2.24, 2.45) is 0 Å². The fourth-order valence-corrected chi connectivity index (χ4v) is 1.87. The predicted molar refractivity (Wildman–Crippen MR) is 80.7 cm³/mol. The summed E-state index contributed by atoms with van der Waals surface area (Å²) in [5, 5.41) is 0. The van der Waals surface area contributed by atoms with E-state index in [1.165, 1.54) is 5.56 Å². The first-order chi connectivity index (χ1) is 9.65. The van der Waals surface area contributed by atoms with Gasteiger partial charge in [0, 0.05) is 12.7 Å². The molecule has 3 nitrogen and oxygen atoms in total. The van der Waals surface area contributed by atoms with Crippen LogP contribution in [-0.2, 0) is 16.1 Å². The van der Waals surface area contributed by atoms with Gasteiger partial charge in [0.15, 0.2) is 0 Å². The van der Waals surface area contributed by atoms with Gasteiger partial charge in [-0.1, -0.05) is 48.0 Å². The molecule has 0 spiro atoms. The number of aryl methyl sites for hydroxylation is 1. The maximum atomic E-state index is 11.8. The maximum absolute atomic E-state index is 11.8. The topological polar surface area (TPSA) is 29.5 Å². The number of hydrogen-bond acceptors (Lipinski definition) is 3. The van der Waals surface area contributed by atoms with E-state index in [9.17, 15) is 4.79 Å². The third-order valence-electron chi connectivity index (χ3n) is 3.08. The standard InChI is InChI=1S/C17H19NO2/c1-14-8-10-16(11-9-14)18(2)12-17(19)20-13-15-6-4-3-5-7-15/h3-11H,12-13H2,1-2H3. The Kier molecular flexibility index (Phi) is 4.77. The SMILES string of the molecule is Cc1ccc(N(C)CC(=O)OCc2ccccc2)cc1. The van der Waals surface area contributed by atoms with Gasteiger partial charge in [-0.25, -0.2) is 0 Å². The fourth-order valence-electron chi connectivity index (χ4n) is 1.87. The third-order valence-corrected chi connectivity index (χ3v) is 3.08. The Bertz CT molecular complexity index is 549. The van der Waals surface area contributed by atoms with Crippen molar-refractivity contribution in [3.05, 3.63) is 65.7 Å². The average molecular weight is 269 g/mol. The van der Waals surface area contributed by atoms with Crippen molar-refractivity contribution in [3.63, 3.8) is 0 Å². The van der Waals surface area contributed by atoms with Crippen molar-refractivity contribution < 1.29 is 9.53 Å². The van der Waals surface area contributed by atoms with E-state index in [4.69, 9.17) is 4.74 Å². The van der Waals surface area contributed by atoms with E-state index in [0.717, 1.165) is 11.3 Å². The van der Waals surface area contributed by atoms with Crippen molar-refractivity contribution in [2.45, 2.75) is 13.5 Å². The van der Waals surface area contributed by atoms with Crippen molar-refractivity contribution in [3.8, 4) is 0 Å². The molecule has 0 aromatic heterocycles. The van der Waals surface area contributed by atoms with Gasteiger partial charge in [0.1, 0.15) is 13.2 Å². The number of esters is 1. The molecule has 2 aromatic rings. The molecule has 104 valence electrons. The molecule has 3 heteroatoms. The molecule has 0 aliphatic rings. The molecular formula is C17H19NO2. The molecule has 0 N–H and O–H groups in total. The number of likely N-dealkylation sites (N-methyl/N-ethyl adjacent to an activating group) is 1. The summed E-state index contributed by atoms with van der Waals surface area (Å²) in [6, 6.07) is 17.7. The van der Waals surface area contributed by atoms with Crippen molar-refractivity contribution in [2.75, 3.05) is 18.5 Å². The zero-order valence-corrected chi connectivity index (χ0v) is 11.9. The van der Waals surface area contributed by atoms with Gasteiger partial charge >= 0.3 is 5.97 Å². The van der Waals surface area contributed by atoms with E-state index in [1.807, 2.05) is 73.5 Å². The smallest absolute Gasteiger partial charge is 0.325 e. The van der Waals surface area contributed by atoms with Crippen LogP contribution in [-0.4, -0.2) is 19.6 Å². The Morgan fingerprint density at radius 1 is 1.05 bits per heavy atom. The molecule has 2 rings (SSSR count). The quantitative estimate of drug-likeness (QED) is 0.781. The summed E-state index contributed by atoms with van der Waals surface area (Å²) in [6.45, 7) is 2.61. The summed E-state index contributed by atoms with van der Waals surface area (Å²) < 4.78 is 5.26. The second-order valence-corrected chi connectivity index (χ2v) is 4.84. The van der Waals surface area contributed by atoms with Crippen molar-refractivity contribution in [1.29, 1.82) is 0 Å². The minimum absolute atomic E-state index is 0.225. The van der Waals surface area contributed by atoms with E-state index in [2.05, 4.69) is 0 Å². The highest BCUT2D eigenvalue weighted by atomic mass is 16.5. The van der Waals surface area contributed by atoms with E-state index in [0.29, 0.717) is 6.61 Å². The van der Waals surface area contributed by atoms with Gasteiger partial charge in [-0.3, -0.25) is 4.79 Å². The van der Waals surface area contributed by atoms with Crippen LogP contribution >= 0.6 is 0 Å². The number of ether oxygens (including phenoxy) is 1. The number of benzene rings is 2. The molecule has 20 heavy (non-hydrogen) atoms. The molecule has 0 saturated heterocycles. The van der Waals surface area contributed by atoms with Crippen molar-refractivity contribution in [1.82, 2.24) is 0 Å². The van der Waals surface area contributed by atoms with Gasteiger partial charge in [-0.2, -0.15) is 0 Å². The summed E-state index contributed by atoms with van der Waals surface area (Å²) in [4.78, 5) is 13.7. The number of nitrogens with zero attached hydrogens (tertiary/aromatic N) is 1. The number of carbonyl (C=O) groups excluding carboxylic acids is 1. The van der Waals surface area contributed by atoms with Crippen LogP contribution in [0.4, 0.5) is 5.69 Å². The second kappa shape index (κ2) is 6.75. The molecule has 0 unspecified atom stereocenters. The van der Waals surface area contributed by atoms with Crippen LogP contribution in [0.15, 0.2) is 54.6 Å². The highest BCUT2D eigenvalue weighted by molar-refractivity contribution is 5.75. The number of anilines is 1. The first-order valence-corrected chi connectivity index (χ1v) is 6.62. The van der Waals surface area contributed by atoms with Gasteiger partial charge in [0.05, 0.1) is 0 Å². The Labute approximate surface area is 119 Å². The first kappa shape index (κ1) is 14.1. The molecular weight excluding hydrogens is 250 g/mol. The Balaban J connectivity index is 1.83. The number of rotatable bonds is 5. The lowest BCUT2D eigenvalue weighted by atomic mass is 10.2. The lowest BCUT2D eigenvalue weighted by Gasteiger charge is -2.18. The van der Waals surface area contributed by atoms with Gasteiger partial charge < -0.3 is 9.64 Å². The highest BCUT2D eigenvalue weighted by Crippen LogP contribution is 2.13. The highest BCUT2D eigenvalue weighted by Gasteiger charge is 2.08. The normalized spacial score (nSPS) is 10.1. The summed E-state index contributed by atoms with van der Waals surface area (Å²) in [6.07, 6.45) is 0. The van der Waals surface area contributed by atoms with E-state index < -0.39 is 0 Å². The zero-order valence-electron chi connectivity index (χ0n) is 11.9. The van der Waals surface area contributed by atoms with Crippen molar-refractivity contribution >= 4 is 11.7 Å². The summed E-state index contributed by atoms with van der Waals surface area (Å²) in [7, 11) is 1.88. The molecule has 0 radical (unpaired) electrons. The lowest BCUT2D eigenvalue weighted by molar-refractivity contribution is -0.143. The third kappa shape index (κ3) is 4.12. The Morgan fingerprint density at radius 2 is 1.70 bits per heavy atom. The lowest BCUT2D eigenvalue weighted by Crippen LogP contribution is -2.26. The van der Waals surface area contributed by atoms with Crippen LogP contribution in [0, 0.1) is 6.92 Å². The molecule has 0 bridgehead atoms. The van der Waals surface area contributed by atoms with Gasteiger partial charge in [-0.05, 0) is 24.6 Å². The first-order valence-electron chi connectivity index (χ1n) is 6.62. The minimum atomic E-state index is -0.225.